The van der Waals surface area contributed by atoms with Gasteiger partial charge in [-0.15, -0.1) is 11.8 Å². The summed E-state index contributed by atoms with van der Waals surface area (Å²) < 4.78 is 5.52. The maximum atomic E-state index is 13.7. The van der Waals surface area contributed by atoms with Crippen LogP contribution in [0.1, 0.15) is 36.4 Å². The highest BCUT2D eigenvalue weighted by atomic mass is 32.2. The molecule has 3 saturated heterocycles. The molecule has 3 heterocycles. The summed E-state index contributed by atoms with van der Waals surface area (Å²) >= 11 is 1.79. The number of benzene rings is 2. The second-order valence-electron chi connectivity index (χ2n) is 8.44. The molecule has 1 amide bonds. The molecule has 0 aliphatic carbocycles. The summed E-state index contributed by atoms with van der Waals surface area (Å²) in [7, 11) is 1.70. The van der Waals surface area contributed by atoms with Crippen molar-refractivity contribution in [2.45, 2.75) is 42.3 Å². The smallest absolute Gasteiger partial charge is 0.243 e. The molecule has 29 heavy (non-hydrogen) atoms. The molecule has 3 fully saturated rings. The monoisotopic (exact) mass is 408 g/mol. The largest absolute Gasteiger partial charge is 0.496 e. The highest BCUT2D eigenvalue weighted by Gasteiger charge is 2.65. The van der Waals surface area contributed by atoms with Crippen LogP contribution in [0.5, 0.6) is 5.75 Å². The molecule has 1 spiro atoms. The molecule has 3 aliphatic rings. The first-order valence-electron chi connectivity index (χ1n) is 10.5. The maximum Gasteiger partial charge on any atom is 0.243 e. The van der Waals surface area contributed by atoms with Crippen molar-refractivity contribution in [2.24, 2.45) is 5.92 Å². The average Bonchev–Trinajstić information content (AvgIpc) is 3.39. The van der Waals surface area contributed by atoms with Crippen LogP contribution >= 0.6 is 11.8 Å². The zero-order chi connectivity index (χ0) is 20.0. The van der Waals surface area contributed by atoms with Crippen LogP contribution in [0.3, 0.4) is 0 Å². The van der Waals surface area contributed by atoms with Crippen molar-refractivity contribution in [3.8, 4) is 5.75 Å². The van der Waals surface area contributed by atoms with Crippen molar-refractivity contribution in [1.29, 1.82) is 0 Å². The quantitative estimate of drug-likeness (QED) is 0.689. The number of hydrogen-bond donors (Lipinski definition) is 0. The molecule has 0 unspecified atom stereocenters. The number of carbonyl (C=O) groups excluding carboxylic acids is 1. The van der Waals surface area contributed by atoms with E-state index in [4.69, 9.17) is 4.74 Å². The molecule has 3 atom stereocenters. The van der Waals surface area contributed by atoms with Gasteiger partial charge in [-0.05, 0) is 55.8 Å². The Morgan fingerprint density at radius 2 is 2.07 bits per heavy atom. The molecule has 2 aromatic rings. The van der Waals surface area contributed by atoms with Gasteiger partial charge in [-0.3, -0.25) is 9.69 Å². The van der Waals surface area contributed by atoms with Crippen LogP contribution in [-0.2, 0) is 11.3 Å². The normalized spacial score (nSPS) is 28.6. The predicted octanol–water partition coefficient (Wildman–Crippen LogP) is 4.36. The molecule has 152 valence electrons. The third kappa shape index (κ3) is 2.89. The molecule has 2 aromatic carbocycles. The zero-order valence-electron chi connectivity index (χ0n) is 17.1. The standard InChI is InChI=1S/C24H28N2O2S/c1-28-22-10-4-3-7-18(22)15-25-16-19-14-21(17-8-5-9-20(13-17)29-2)26-12-6-11-24(19,26)23(25)27/h3-5,7-10,13,19,21H,6,11-12,14-16H2,1-2H3/t19-,21-,24-/m0/s1. The molecular weight excluding hydrogens is 380 g/mol. The summed E-state index contributed by atoms with van der Waals surface area (Å²) in [5.74, 6) is 1.61. The molecular formula is C24H28N2O2S. The molecule has 5 heteroatoms. The minimum Gasteiger partial charge on any atom is -0.496 e. The Balaban J connectivity index is 1.42. The van der Waals surface area contributed by atoms with Gasteiger partial charge >= 0.3 is 0 Å². The molecule has 4 nitrogen and oxygen atoms in total. The lowest BCUT2D eigenvalue weighted by molar-refractivity contribution is -0.137. The van der Waals surface area contributed by atoms with E-state index in [1.165, 1.54) is 10.5 Å². The number of nitrogens with zero attached hydrogens (tertiary/aromatic N) is 2. The van der Waals surface area contributed by atoms with Crippen LogP contribution in [0.15, 0.2) is 53.4 Å². The lowest BCUT2D eigenvalue weighted by Gasteiger charge is -2.34. The molecule has 5 rings (SSSR count). The van der Waals surface area contributed by atoms with Crippen molar-refractivity contribution in [3.63, 3.8) is 0 Å². The second kappa shape index (κ2) is 7.37. The number of amides is 1. The van der Waals surface area contributed by atoms with Crippen LogP contribution in [0.2, 0.25) is 0 Å². The first kappa shape index (κ1) is 19.0. The zero-order valence-corrected chi connectivity index (χ0v) is 18.0. The SMILES string of the molecule is COc1ccccc1CN1C[C@@H]2C[C@@H](c3cccc(SC)c3)N3CCC[C@@]23C1=O. The number of hydrogen-bond acceptors (Lipinski definition) is 4. The molecule has 0 aromatic heterocycles. The minimum atomic E-state index is -0.290. The summed E-state index contributed by atoms with van der Waals surface area (Å²) in [5, 5.41) is 0. The highest BCUT2D eigenvalue weighted by molar-refractivity contribution is 7.98. The number of likely N-dealkylation sites (tertiary alicyclic amines) is 1. The number of carbonyl (C=O) groups is 1. The Labute approximate surface area is 177 Å². The van der Waals surface area contributed by atoms with Gasteiger partial charge < -0.3 is 9.64 Å². The van der Waals surface area contributed by atoms with Gasteiger partial charge in [0, 0.05) is 35.5 Å². The molecule has 3 aliphatic heterocycles. The molecule has 0 radical (unpaired) electrons. The molecule has 0 N–H and O–H groups in total. The van der Waals surface area contributed by atoms with Gasteiger partial charge in [0.1, 0.15) is 11.3 Å². The van der Waals surface area contributed by atoms with Crippen LogP contribution in [0.4, 0.5) is 0 Å². The van der Waals surface area contributed by atoms with E-state index in [1.54, 1.807) is 18.9 Å². The van der Waals surface area contributed by atoms with E-state index in [9.17, 15) is 4.79 Å². The van der Waals surface area contributed by atoms with Crippen molar-refractivity contribution in [2.75, 3.05) is 26.5 Å². The first-order chi connectivity index (χ1) is 14.2. The fourth-order valence-electron chi connectivity index (χ4n) is 5.92. The van der Waals surface area contributed by atoms with Crippen molar-refractivity contribution < 1.29 is 9.53 Å². The summed E-state index contributed by atoms with van der Waals surface area (Å²) in [6.07, 6.45) is 5.31. The van der Waals surface area contributed by atoms with E-state index in [0.717, 1.165) is 43.7 Å². The minimum absolute atomic E-state index is 0.290. The van der Waals surface area contributed by atoms with Gasteiger partial charge in [0.05, 0.1) is 7.11 Å². The topological polar surface area (TPSA) is 32.8 Å². The van der Waals surface area contributed by atoms with E-state index in [1.807, 2.05) is 18.2 Å². The molecule has 0 bridgehead atoms. The summed E-state index contributed by atoms with van der Waals surface area (Å²) in [6.45, 7) is 2.52. The Hall–Kier alpha value is -1.98. The number of methoxy groups -OCH3 is 1. The van der Waals surface area contributed by atoms with Gasteiger partial charge in [-0.1, -0.05) is 30.3 Å². The van der Waals surface area contributed by atoms with Gasteiger partial charge in [0.25, 0.3) is 0 Å². The van der Waals surface area contributed by atoms with Crippen molar-refractivity contribution in [1.82, 2.24) is 9.80 Å². The van der Waals surface area contributed by atoms with Crippen LogP contribution in [-0.4, -0.2) is 47.7 Å². The third-order valence-electron chi connectivity index (χ3n) is 7.16. The Morgan fingerprint density at radius 1 is 1.21 bits per heavy atom. The summed E-state index contributed by atoms with van der Waals surface area (Å²) in [6, 6.07) is 17.3. The fraction of sp³-hybridized carbons (Fsp3) is 0.458. The van der Waals surface area contributed by atoms with Crippen LogP contribution in [0, 0.1) is 5.92 Å². The van der Waals surface area contributed by atoms with Gasteiger partial charge in [-0.25, -0.2) is 0 Å². The van der Waals surface area contributed by atoms with E-state index in [2.05, 4.69) is 46.4 Å². The third-order valence-corrected chi connectivity index (χ3v) is 7.88. The van der Waals surface area contributed by atoms with Gasteiger partial charge in [0.15, 0.2) is 0 Å². The Bertz CT molecular complexity index is 933. The summed E-state index contributed by atoms with van der Waals surface area (Å²) in [5.41, 5.74) is 2.17. The van der Waals surface area contributed by atoms with Crippen molar-refractivity contribution >= 4 is 17.7 Å². The highest BCUT2D eigenvalue weighted by Crippen LogP contribution is 2.56. The van der Waals surface area contributed by atoms with Crippen molar-refractivity contribution in [3.05, 3.63) is 59.7 Å². The van der Waals surface area contributed by atoms with Gasteiger partial charge in [0.2, 0.25) is 5.91 Å². The number of ether oxygens (including phenoxy) is 1. The lowest BCUT2D eigenvalue weighted by Crippen LogP contribution is -2.49. The van der Waals surface area contributed by atoms with Crippen LogP contribution in [0.25, 0.3) is 0 Å². The van der Waals surface area contributed by atoms with Crippen LogP contribution < -0.4 is 4.74 Å². The Morgan fingerprint density at radius 3 is 2.90 bits per heavy atom. The second-order valence-corrected chi connectivity index (χ2v) is 9.32. The van der Waals surface area contributed by atoms with E-state index >= 15 is 0 Å². The number of thioether (sulfide) groups is 1. The van der Waals surface area contributed by atoms with E-state index in [-0.39, 0.29) is 5.54 Å². The summed E-state index contributed by atoms with van der Waals surface area (Å²) in [4.78, 5) is 19.7. The van der Waals surface area contributed by atoms with E-state index < -0.39 is 0 Å². The first-order valence-corrected chi connectivity index (χ1v) is 11.7. The number of para-hydroxylation sites is 1. The number of rotatable bonds is 5. The lowest BCUT2D eigenvalue weighted by atomic mass is 9.85. The van der Waals surface area contributed by atoms with Gasteiger partial charge in [-0.2, -0.15) is 0 Å². The maximum absolute atomic E-state index is 13.7. The molecule has 0 saturated carbocycles. The predicted molar refractivity (Wildman–Crippen MR) is 116 cm³/mol. The fourth-order valence-corrected chi connectivity index (χ4v) is 6.39. The van der Waals surface area contributed by atoms with E-state index in [0.29, 0.717) is 24.4 Å². The average molecular weight is 409 g/mol. The Kier molecular flexibility index (Phi) is 4.83.